The van der Waals surface area contributed by atoms with Gasteiger partial charge in [0.25, 0.3) is 5.91 Å². The second-order valence-corrected chi connectivity index (χ2v) is 6.29. The van der Waals surface area contributed by atoms with Gasteiger partial charge < -0.3 is 21.7 Å². The third-order valence-electron chi connectivity index (χ3n) is 3.80. The highest BCUT2D eigenvalue weighted by atomic mass is 32.1. The van der Waals surface area contributed by atoms with E-state index in [1.54, 1.807) is 0 Å². The Morgan fingerprint density at radius 3 is 2.79 bits per heavy atom. The highest BCUT2D eigenvalue weighted by Crippen LogP contribution is 2.51. The van der Waals surface area contributed by atoms with Crippen molar-refractivity contribution >= 4 is 27.9 Å². The molecule has 1 aliphatic carbocycles. The highest BCUT2D eigenvalue weighted by Gasteiger charge is 2.34. The minimum atomic E-state index is -0.399. The number of amides is 1. The van der Waals surface area contributed by atoms with Crippen LogP contribution in [0, 0.1) is 0 Å². The largest absolute Gasteiger partial charge is 0.397 e. The zero-order valence-electron chi connectivity index (χ0n) is 10.9. The van der Waals surface area contributed by atoms with E-state index in [0.717, 1.165) is 32.6 Å². The molecular weight excluding hydrogens is 260 g/mol. The van der Waals surface area contributed by atoms with Crippen LogP contribution in [-0.4, -0.2) is 32.1 Å². The maximum absolute atomic E-state index is 11.5. The molecule has 104 valence electrons. The number of carbonyl (C=O) groups excluding carboxylic acids is 1. The summed E-state index contributed by atoms with van der Waals surface area (Å²) in [5, 5.41) is 4.57. The first-order chi connectivity index (χ1) is 9.18. The minimum absolute atomic E-state index is 0.399. The summed E-state index contributed by atoms with van der Waals surface area (Å²) in [5.41, 5.74) is 13.4. The number of carbonyl (C=O) groups is 1. The molecule has 0 bridgehead atoms. The van der Waals surface area contributed by atoms with Gasteiger partial charge >= 0.3 is 0 Å². The van der Waals surface area contributed by atoms with Crippen LogP contribution in [0.3, 0.4) is 0 Å². The van der Waals surface area contributed by atoms with E-state index in [2.05, 4.69) is 10.2 Å². The number of hydrogen-bond acceptors (Lipinski definition) is 5. The normalized spacial score (nSPS) is 20.3. The van der Waals surface area contributed by atoms with E-state index >= 15 is 0 Å². The fraction of sp³-hybridized carbons (Fsp3) is 0.615. The van der Waals surface area contributed by atoms with Crippen LogP contribution in [0.2, 0.25) is 0 Å². The Hall–Kier alpha value is -1.27. The Balaban J connectivity index is 1.98. The first-order valence-corrected chi connectivity index (χ1v) is 7.67. The van der Waals surface area contributed by atoms with Crippen molar-refractivity contribution in [1.29, 1.82) is 0 Å². The van der Waals surface area contributed by atoms with Gasteiger partial charge in [0.15, 0.2) is 0 Å². The van der Waals surface area contributed by atoms with Crippen molar-refractivity contribution in [2.24, 2.45) is 5.73 Å². The Kier molecular flexibility index (Phi) is 3.36. The Bertz CT molecular complexity index is 487. The van der Waals surface area contributed by atoms with Crippen molar-refractivity contribution in [3.05, 3.63) is 10.4 Å². The number of nitrogens with zero attached hydrogens (tertiary/aromatic N) is 1. The first-order valence-electron chi connectivity index (χ1n) is 6.86. The number of thiophene rings is 1. The molecule has 0 radical (unpaired) electrons. The van der Waals surface area contributed by atoms with Gasteiger partial charge in [-0.2, -0.15) is 0 Å². The lowest BCUT2D eigenvalue weighted by Crippen LogP contribution is -2.27. The van der Waals surface area contributed by atoms with Gasteiger partial charge in [-0.3, -0.25) is 4.79 Å². The number of nitrogens with two attached hydrogens (primary N) is 2. The van der Waals surface area contributed by atoms with E-state index in [9.17, 15) is 4.79 Å². The molecule has 1 saturated heterocycles. The SMILES string of the molecule is NC(=O)c1sc(N2CCCNCC2)c(C2CC2)c1N. The maximum Gasteiger partial charge on any atom is 0.260 e. The Morgan fingerprint density at radius 2 is 2.11 bits per heavy atom. The molecule has 0 spiro atoms. The number of rotatable bonds is 3. The van der Waals surface area contributed by atoms with Gasteiger partial charge in [-0.25, -0.2) is 0 Å². The van der Waals surface area contributed by atoms with E-state index in [0.29, 0.717) is 16.5 Å². The molecule has 19 heavy (non-hydrogen) atoms. The Labute approximate surface area is 116 Å². The van der Waals surface area contributed by atoms with Crippen LogP contribution in [0.1, 0.15) is 40.4 Å². The molecule has 6 heteroatoms. The van der Waals surface area contributed by atoms with E-state index in [1.807, 2.05) is 0 Å². The molecule has 0 atom stereocenters. The predicted octanol–water partition coefficient (Wildman–Crippen LogP) is 1.11. The van der Waals surface area contributed by atoms with Gasteiger partial charge in [0, 0.05) is 25.2 Å². The topological polar surface area (TPSA) is 84.4 Å². The van der Waals surface area contributed by atoms with Crippen molar-refractivity contribution < 1.29 is 4.79 Å². The maximum atomic E-state index is 11.5. The van der Waals surface area contributed by atoms with Crippen LogP contribution >= 0.6 is 11.3 Å². The quantitative estimate of drug-likeness (QED) is 0.774. The molecule has 0 unspecified atom stereocenters. The molecule has 1 aromatic heterocycles. The average molecular weight is 280 g/mol. The van der Waals surface area contributed by atoms with Crippen LogP contribution in [0.4, 0.5) is 10.7 Å². The number of nitrogen functional groups attached to an aromatic ring is 1. The van der Waals surface area contributed by atoms with E-state index in [-0.39, 0.29) is 0 Å². The van der Waals surface area contributed by atoms with Gasteiger partial charge in [-0.1, -0.05) is 0 Å². The minimum Gasteiger partial charge on any atom is -0.397 e. The highest BCUT2D eigenvalue weighted by molar-refractivity contribution is 7.18. The zero-order valence-corrected chi connectivity index (χ0v) is 11.8. The zero-order chi connectivity index (χ0) is 13.4. The summed E-state index contributed by atoms with van der Waals surface area (Å²) < 4.78 is 0. The molecule has 2 aliphatic rings. The number of primary amides is 1. The molecule has 5 nitrogen and oxygen atoms in total. The third-order valence-corrected chi connectivity index (χ3v) is 5.10. The summed E-state index contributed by atoms with van der Waals surface area (Å²) in [6.45, 7) is 4.02. The van der Waals surface area contributed by atoms with Crippen LogP contribution < -0.4 is 21.7 Å². The molecule has 1 amide bonds. The fourth-order valence-electron chi connectivity index (χ4n) is 2.68. The molecule has 2 heterocycles. The molecule has 1 aromatic rings. The van der Waals surface area contributed by atoms with Crippen molar-refractivity contribution in [2.75, 3.05) is 36.8 Å². The standard InChI is InChI=1S/C13H20N4OS/c14-10-9(8-2-3-8)13(19-11(10)12(15)18)17-6-1-4-16-5-7-17/h8,16H,1-7,14H2,(H2,15,18). The van der Waals surface area contributed by atoms with Crippen molar-refractivity contribution in [3.63, 3.8) is 0 Å². The van der Waals surface area contributed by atoms with Crippen LogP contribution in [0.15, 0.2) is 0 Å². The van der Waals surface area contributed by atoms with Gasteiger partial charge in [-0.15, -0.1) is 11.3 Å². The van der Waals surface area contributed by atoms with Gasteiger partial charge in [0.05, 0.1) is 10.7 Å². The van der Waals surface area contributed by atoms with Crippen molar-refractivity contribution in [3.8, 4) is 0 Å². The molecule has 2 fully saturated rings. The second kappa shape index (κ2) is 5.02. The lowest BCUT2D eigenvalue weighted by atomic mass is 10.1. The van der Waals surface area contributed by atoms with Gasteiger partial charge in [-0.05, 0) is 31.7 Å². The molecule has 3 rings (SSSR count). The van der Waals surface area contributed by atoms with Gasteiger partial charge in [0.1, 0.15) is 4.88 Å². The predicted molar refractivity (Wildman–Crippen MR) is 78.9 cm³/mol. The van der Waals surface area contributed by atoms with Gasteiger partial charge in [0.2, 0.25) is 0 Å². The molecule has 1 aliphatic heterocycles. The summed E-state index contributed by atoms with van der Waals surface area (Å²) in [6.07, 6.45) is 3.48. The summed E-state index contributed by atoms with van der Waals surface area (Å²) in [5.74, 6) is 0.138. The van der Waals surface area contributed by atoms with Crippen molar-refractivity contribution in [1.82, 2.24) is 5.32 Å². The van der Waals surface area contributed by atoms with Crippen LogP contribution in [-0.2, 0) is 0 Å². The summed E-state index contributed by atoms with van der Waals surface area (Å²) in [6, 6.07) is 0. The summed E-state index contributed by atoms with van der Waals surface area (Å²) >= 11 is 1.48. The average Bonchev–Trinajstić information content (AvgIpc) is 3.17. The lowest BCUT2D eigenvalue weighted by molar-refractivity contribution is 0.100. The van der Waals surface area contributed by atoms with E-state index in [1.165, 1.54) is 34.7 Å². The number of anilines is 2. The smallest absolute Gasteiger partial charge is 0.260 e. The monoisotopic (exact) mass is 280 g/mol. The van der Waals surface area contributed by atoms with E-state index < -0.39 is 5.91 Å². The third kappa shape index (κ3) is 2.42. The second-order valence-electron chi connectivity index (χ2n) is 5.29. The molecular formula is C13H20N4OS. The summed E-state index contributed by atoms with van der Waals surface area (Å²) in [4.78, 5) is 14.4. The molecule has 1 saturated carbocycles. The number of nitrogens with one attached hydrogen (secondary N) is 1. The molecule has 5 N–H and O–H groups in total. The molecule has 0 aromatic carbocycles. The fourth-order valence-corrected chi connectivity index (χ4v) is 3.89. The van der Waals surface area contributed by atoms with Crippen LogP contribution in [0.5, 0.6) is 0 Å². The van der Waals surface area contributed by atoms with Crippen LogP contribution in [0.25, 0.3) is 0 Å². The Morgan fingerprint density at radius 1 is 1.32 bits per heavy atom. The lowest BCUT2D eigenvalue weighted by Gasteiger charge is -2.22. The van der Waals surface area contributed by atoms with E-state index in [4.69, 9.17) is 11.5 Å². The first kappa shape index (κ1) is 12.7. The van der Waals surface area contributed by atoms with Crippen molar-refractivity contribution in [2.45, 2.75) is 25.2 Å². The number of hydrogen-bond donors (Lipinski definition) is 3. The summed E-state index contributed by atoms with van der Waals surface area (Å²) in [7, 11) is 0.